The second-order valence-electron chi connectivity index (χ2n) is 9.47. The summed E-state index contributed by atoms with van der Waals surface area (Å²) in [6, 6.07) is 15.8. The van der Waals surface area contributed by atoms with Gasteiger partial charge in [-0.2, -0.15) is 9.35 Å². The number of nitrogens with zero attached hydrogens (tertiary/aromatic N) is 7. The molecule has 0 amide bonds. The van der Waals surface area contributed by atoms with Crippen molar-refractivity contribution >= 4 is 43.9 Å². The van der Waals surface area contributed by atoms with Crippen LogP contribution >= 0.6 is 0 Å². The molecule has 0 saturated carbocycles. The molecule has 1 aliphatic heterocycles. The van der Waals surface area contributed by atoms with Gasteiger partial charge in [-0.1, -0.05) is 6.07 Å². The number of piperazine rings is 1. The molecule has 4 aromatic rings. The molecular weight excluding hydrogens is 488 g/mol. The largest absolute Gasteiger partial charge is 0.378 e. The summed E-state index contributed by atoms with van der Waals surface area (Å²) in [4.78, 5) is 18.7. The summed E-state index contributed by atoms with van der Waals surface area (Å²) in [6.45, 7) is 4.56. The smallest absolute Gasteiger partial charge is 0.229 e. The molecule has 1 aromatic carbocycles. The number of benzene rings is 1. The Labute approximate surface area is 217 Å². The van der Waals surface area contributed by atoms with Gasteiger partial charge < -0.3 is 19.9 Å². The maximum absolute atomic E-state index is 12.2. The number of hydrogen-bond acceptors (Lipinski definition) is 9. The Hall–Kier alpha value is -3.54. The van der Waals surface area contributed by atoms with Crippen molar-refractivity contribution in [3.8, 4) is 5.82 Å². The maximum Gasteiger partial charge on any atom is 0.229 e. The predicted octanol–water partition coefficient (Wildman–Crippen LogP) is 3.82. The van der Waals surface area contributed by atoms with Gasteiger partial charge in [0.1, 0.15) is 5.82 Å². The van der Waals surface area contributed by atoms with Crippen LogP contribution in [0.15, 0.2) is 59.1 Å². The minimum atomic E-state index is -2.34. The van der Waals surface area contributed by atoms with Crippen molar-refractivity contribution in [3.05, 3.63) is 60.4 Å². The van der Waals surface area contributed by atoms with Crippen LogP contribution in [-0.2, 0) is 21.1 Å². The number of likely N-dealkylation sites (N-methyl/N-ethyl adjacent to an activating group) is 1. The van der Waals surface area contributed by atoms with Gasteiger partial charge in [-0.05, 0) is 49.5 Å². The molecule has 0 radical (unpaired) electrons. The molecule has 1 saturated heterocycles. The van der Waals surface area contributed by atoms with E-state index in [1.165, 1.54) is 5.69 Å². The van der Waals surface area contributed by atoms with Gasteiger partial charge in [-0.25, -0.2) is 14.2 Å². The average Bonchev–Trinajstić information content (AvgIpc) is 3.22. The normalized spacial score (nSPS) is 14.8. The van der Waals surface area contributed by atoms with E-state index >= 15 is 0 Å². The zero-order valence-electron chi connectivity index (χ0n) is 21.6. The predicted molar refractivity (Wildman–Crippen MR) is 149 cm³/mol. The Balaban J connectivity index is 1.46. The first-order chi connectivity index (χ1) is 17.8. The van der Waals surface area contributed by atoms with Crippen LogP contribution in [0.25, 0.3) is 16.9 Å². The Bertz CT molecular complexity index is 1510. The average molecular weight is 521 g/mol. The molecule has 0 bridgehead atoms. The third-order valence-electron chi connectivity index (χ3n) is 6.16. The number of fused-ring (bicyclic) bond motifs is 1. The Kier molecular flexibility index (Phi) is 7.09. The number of nitrogens with one attached hydrogen (secondary N) is 1. The van der Waals surface area contributed by atoms with Gasteiger partial charge in [0, 0.05) is 78.5 Å². The number of hydrogen-bond donors (Lipinski definition) is 1. The summed E-state index contributed by atoms with van der Waals surface area (Å²) >= 11 is 0. The number of methoxy groups -OCH3 is 1. The highest BCUT2D eigenvalue weighted by Gasteiger charge is 2.16. The minimum absolute atomic E-state index is 0.369. The van der Waals surface area contributed by atoms with Crippen molar-refractivity contribution in [2.75, 3.05) is 63.1 Å². The van der Waals surface area contributed by atoms with Crippen molar-refractivity contribution in [2.24, 2.45) is 4.36 Å². The second-order valence-corrected chi connectivity index (χ2v) is 12.0. The summed E-state index contributed by atoms with van der Waals surface area (Å²) in [6.07, 6.45) is 4.97. The topological polar surface area (TPSA) is 101 Å². The van der Waals surface area contributed by atoms with E-state index in [9.17, 15) is 4.21 Å². The minimum Gasteiger partial charge on any atom is -0.378 e. The van der Waals surface area contributed by atoms with E-state index in [-0.39, 0.29) is 0 Å². The van der Waals surface area contributed by atoms with E-state index in [0.29, 0.717) is 29.8 Å². The second kappa shape index (κ2) is 10.4. The van der Waals surface area contributed by atoms with Crippen molar-refractivity contribution in [1.29, 1.82) is 0 Å². The number of pyridine rings is 1. The van der Waals surface area contributed by atoms with Crippen LogP contribution in [0.3, 0.4) is 0 Å². The zero-order chi connectivity index (χ0) is 26.0. The van der Waals surface area contributed by atoms with E-state index in [1.54, 1.807) is 31.9 Å². The van der Waals surface area contributed by atoms with Crippen LogP contribution in [0.2, 0.25) is 0 Å². The van der Waals surface area contributed by atoms with Crippen LogP contribution in [0.5, 0.6) is 0 Å². The van der Waals surface area contributed by atoms with Gasteiger partial charge in [0.05, 0.1) is 12.3 Å². The lowest BCUT2D eigenvalue weighted by molar-refractivity contribution is 0.180. The van der Waals surface area contributed by atoms with Crippen molar-refractivity contribution in [3.63, 3.8) is 0 Å². The van der Waals surface area contributed by atoms with Crippen LogP contribution in [0, 0.1) is 0 Å². The van der Waals surface area contributed by atoms with Crippen LogP contribution in [0.1, 0.15) is 5.69 Å². The van der Waals surface area contributed by atoms with E-state index in [0.717, 1.165) is 42.9 Å². The monoisotopic (exact) mass is 520 g/mol. The van der Waals surface area contributed by atoms with Gasteiger partial charge in [-0.3, -0.25) is 4.57 Å². The quantitative estimate of drug-likeness (QED) is 0.393. The van der Waals surface area contributed by atoms with E-state index < -0.39 is 9.73 Å². The van der Waals surface area contributed by atoms with Crippen molar-refractivity contribution < 1.29 is 8.95 Å². The highest BCUT2D eigenvalue weighted by Crippen LogP contribution is 2.26. The summed E-state index contributed by atoms with van der Waals surface area (Å²) in [7, 11) is 1.46. The van der Waals surface area contributed by atoms with E-state index in [1.807, 2.05) is 22.8 Å². The Morgan fingerprint density at radius 1 is 1.05 bits per heavy atom. The van der Waals surface area contributed by atoms with Crippen LogP contribution < -0.4 is 10.2 Å². The lowest BCUT2D eigenvalue weighted by atomic mass is 10.2. The molecule has 5 rings (SSSR count). The number of anilines is 3. The maximum atomic E-state index is 12.2. The Morgan fingerprint density at radius 2 is 1.81 bits per heavy atom. The standard InChI is InChI=1S/C26H32N8O2S/c1-32-12-14-33(15-13-32)21-10-8-20(9-11-21)28-26-27-17-19-16-22(18-36-2)34(25(19)30-26)24-7-5-6-23(29-24)31-37(3,4)35/h5-11,16-17H,12-15,18H2,1-4H3,(H,27,28,30). The van der Waals surface area contributed by atoms with Gasteiger partial charge in [0.15, 0.2) is 11.5 Å². The number of rotatable bonds is 7. The molecule has 37 heavy (non-hydrogen) atoms. The van der Waals surface area contributed by atoms with E-state index in [4.69, 9.17) is 9.72 Å². The molecule has 1 fully saturated rings. The molecule has 1 N–H and O–H groups in total. The summed E-state index contributed by atoms with van der Waals surface area (Å²) in [5.41, 5.74) is 3.69. The number of ether oxygens (including phenoxy) is 1. The molecular formula is C26H32N8O2S. The molecule has 1 aliphatic rings. The fourth-order valence-corrected chi connectivity index (χ4v) is 4.93. The number of aromatic nitrogens is 4. The lowest BCUT2D eigenvalue weighted by Crippen LogP contribution is -2.44. The molecule has 194 valence electrons. The van der Waals surface area contributed by atoms with E-state index in [2.05, 4.69) is 60.8 Å². The highest BCUT2D eigenvalue weighted by atomic mass is 32.2. The van der Waals surface area contributed by atoms with Crippen molar-refractivity contribution in [2.45, 2.75) is 6.61 Å². The molecule has 10 nitrogen and oxygen atoms in total. The molecule has 0 atom stereocenters. The fraction of sp³-hybridized carbons (Fsp3) is 0.346. The zero-order valence-corrected chi connectivity index (χ0v) is 22.4. The first kappa shape index (κ1) is 25.1. The summed E-state index contributed by atoms with van der Waals surface area (Å²) in [5.74, 6) is 1.51. The SMILES string of the molecule is COCc1cc2cnc(Nc3ccc(N4CCN(C)CC4)cc3)nc2n1-c1cccc(N=S(C)(C)=O)n1. The van der Waals surface area contributed by atoms with Gasteiger partial charge in [-0.15, -0.1) is 0 Å². The Morgan fingerprint density at radius 3 is 2.51 bits per heavy atom. The van der Waals surface area contributed by atoms with Crippen LogP contribution in [0.4, 0.5) is 23.1 Å². The lowest BCUT2D eigenvalue weighted by Gasteiger charge is -2.34. The van der Waals surface area contributed by atoms with Gasteiger partial charge in [0.25, 0.3) is 0 Å². The third kappa shape index (κ3) is 5.90. The van der Waals surface area contributed by atoms with Gasteiger partial charge >= 0.3 is 0 Å². The van der Waals surface area contributed by atoms with Gasteiger partial charge in [0.2, 0.25) is 5.95 Å². The van der Waals surface area contributed by atoms with Crippen molar-refractivity contribution in [1.82, 2.24) is 24.4 Å². The fourth-order valence-electron chi connectivity index (χ4n) is 4.38. The molecule has 0 unspecified atom stereocenters. The summed E-state index contributed by atoms with van der Waals surface area (Å²) in [5, 5.41) is 4.19. The van der Waals surface area contributed by atoms with Crippen LogP contribution in [-0.4, -0.2) is 81.5 Å². The summed E-state index contributed by atoms with van der Waals surface area (Å²) < 4.78 is 23.8. The molecule has 3 aromatic heterocycles. The first-order valence-electron chi connectivity index (χ1n) is 12.1. The highest BCUT2D eigenvalue weighted by molar-refractivity contribution is 7.92. The third-order valence-corrected chi connectivity index (χ3v) is 6.79. The molecule has 4 heterocycles. The first-order valence-corrected chi connectivity index (χ1v) is 14.4. The molecule has 0 spiro atoms. The molecule has 11 heteroatoms. The molecule has 0 aliphatic carbocycles.